The van der Waals surface area contributed by atoms with Gasteiger partial charge in [-0.1, -0.05) is 40.9 Å². The molecule has 0 aliphatic rings. The first kappa shape index (κ1) is 8.19. The van der Waals surface area contributed by atoms with E-state index in [2.05, 4.69) is 6.92 Å². The van der Waals surface area contributed by atoms with Gasteiger partial charge < -0.3 is 0 Å². The van der Waals surface area contributed by atoms with Crippen LogP contribution in [-0.4, -0.2) is 0 Å². The van der Waals surface area contributed by atoms with Crippen LogP contribution in [0.5, 0.6) is 0 Å². The van der Waals surface area contributed by atoms with E-state index in [-0.39, 0.29) is 0 Å². The first-order valence-corrected chi connectivity index (χ1v) is 3.72. The highest BCUT2D eigenvalue weighted by atomic mass is 35.5. The Kier molecular flexibility index (Phi) is 2.45. The molecule has 53 valence electrons. The fourth-order valence-electron chi connectivity index (χ4n) is 0.566. The van der Waals surface area contributed by atoms with Gasteiger partial charge in [-0.3, -0.25) is 0 Å². The number of benzene rings is 1. The van der Waals surface area contributed by atoms with Gasteiger partial charge in [-0.15, -0.1) is 0 Å². The van der Waals surface area contributed by atoms with E-state index in [4.69, 9.17) is 34.8 Å². The predicted octanol–water partition coefficient (Wildman–Crippen LogP) is 3.83. The largest absolute Gasteiger partial charge is 0.0827 e. The van der Waals surface area contributed by atoms with Crippen LogP contribution in [0, 0.1) is 6.92 Å². The molecule has 0 aliphatic carbocycles. The van der Waals surface area contributed by atoms with E-state index < -0.39 is 0 Å². The average Bonchev–Trinajstić information content (AvgIpc) is 1.93. The third-order valence-electron chi connectivity index (χ3n) is 1.12. The summed E-state index contributed by atoms with van der Waals surface area (Å²) in [6, 6.07) is 3.38. The fraction of sp³-hybridized carbons (Fsp3) is 0. The number of hydrogen-bond acceptors (Lipinski definition) is 0. The summed E-state index contributed by atoms with van der Waals surface area (Å²) in [4.78, 5) is 0. The lowest BCUT2D eigenvalue weighted by Gasteiger charge is -2.00. The molecule has 0 heterocycles. The molecule has 1 aromatic rings. The third-order valence-corrected chi connectivity index (χ3v) is 2.45. The summed E-state index contributed by atoms with van der Waals surface area (Å²) in [5.74, 6) is 0. The van der Waals surface area contributed by atoms with Gasteiger partial charge in [-0.25, -0.2) is 0 Å². The molecule has 3 heteroatoms. The second-order valence-corrected chi connectivity index (χ2v) is 3.00. The van der Waals surface area contributed by atoms with Crippen LogP contribution in [0.2, 0.25) is 15.1 Å². The van der Waals surface area contributed by atoms with Crippen molar-refractivity contribution in [2.24, 2.45) is 0 Å². The summed E-state index contributed by atoms with van der Waals surface area (Å²) in [6.07, 6.45) is 0. The molecule has 0 aliphatic heterocycles. The zero-order valence-electron chi connectivity index (χ0n) is 5.00. The molecule has 0 bridgehead atoms. The molecule has 10 heavy (non-hydrogen) atoms. The first-order chi connectivity index (χ1) is 4.63. The van der Waals surface area contributed by atoms with Crippen molar-refractivity contribution in [1.29, 1.82) is 0 Å². The highest BCUT2D eigenvalue weighted by Crippen LogP contribution is 2.31. The second kappa shape index (κ2) is 3.00. The normalized spacial score (nSPS) is 10.0. The predicted molar refractivity (Wildman–Crippen MR) is 45.9 cm³/mol. The maximum atomic E-state index is 5.70. The maximum absolute atomic E-state index is 5.70. The summed E-state index contributed by atoms with van der Waals surface area (Å²) in [7, 11) is 0. The summed E-state index contributed by atoms with van der Waals surface area (Å²) >= 11 is 17.0. The topological polar surface area (TPSA) is 0 Å². The molecule has 1 rings (SSSR count). The van der Waals surface area contributed by atoms with Gasteiger partial charge in [-0.05, 0) is 18.6 Å². The molecule has 0 nitrogen and oxygen atoms in total. The lowest BCUT2D eigenvalue weighted by atomic mass is 10.2. The van der Waals surface area contributed by atoms with Crippen LogP contribution >= 0.6 is 34.8 Å². The highest BCUT2D eigenvalue weighted by Gasteiger charge is 2.03. The van der Waals surface area contributed by atoms with Gasteiger partial charge in [0, 0.05) is 0 Å². The van der Waals surface area contributed by atoms with Crippen molar-refractivity contribution in [3.8, 4) is 0 Å². The molecule has 1 radical (unpaired) electrons. The zero-order valence-corrected chi connectivity index (χ0v) is 7.26. The second-order valence-electron chi connectivity index (χ2n) is 1.83. The van der Waals surface area contributed by atoms with Crippen LogP contribution in [0.1, 0.15) is 5.56 Å². The fourth-order valence-corrected chi connectivity index (χ4v) is 1.12. The Morgan fingerprint density at radius 3 is 2.10 bits per heavy atom. The Balaban J connectivity index is 3.34. The molecule has 0 aromatic heterocycles. The van der Waals surface area contributed by atoms with E-state index in [0.717, 1.165) is 0 Å². The van der Waals surface area contributed by atoms with Gasteiger partial charge in [-0.2, -0.15) is 0 Å². The number of hydrogen-bond donors (Lipinski definition) is 0. The molecule has 0 N–H and O–H groups in total. The van der Waals surface area contributed by atoms with Crippen LogP contribution in [0.15, 0.2) is 12.1 Å². The Labute approximate surface area is 74.7 Å². The van der Waals surface area contributed by atoms with Crippen LogP contribution in [0.3, 0.4) is 0 Å². The van der Waals surface area contributed by atoms with Gasteiger partial charge in [0.1, 0.15) is 0 Å². The monoisotopic (exact) mass is 193 g/mol. The van der Waals surface area contributed by atoms with Gasteiger partial charge in [0.25, 0.3) is 0 Å². The van der Waals surface area contributed by atoms with Crippen LogP contribution in [0.4, 0.5) is 0 Å². The number of rotatable bonds is 0. The van der Waals surface area contributed by atoms with E-state index in [1.807, 2.05) is 0 Å². The van der Waals surface area contributed by atoms with Gasteiger partial charge in [0.05, 0.1) is 15.1 Å². The Morgan fingerprint density at radius 2 is 1.60 bits per heavy atom. The van der Waals surface area contributed by atoms with Gasteiger partial charge >= 0.3 is 0 Å². The SMILES string of the molecule is [CH2]c1ccc(Cl)c(Cl)c1Cl. The lowest BCUT2D eigenvalue weighted by Crippen LogP contribution is -1.76. The van der Waals surface area contributed by atoms with Crippen molar-refractivity contribution in [2.75, 3.05) is 0 Å². The van der Waals surface area contributed by atoms with Crippen molar-refractivity contribution in [2.45, 2.75) is 0 Å². The number of halogens is 3. The van der Waals surface area contributed by atoms with Crippen molar-refractivity contribution < 1.29 is 0 Å². The molecule has 1 aromatic carbocycles. The van der Waals surface area contributed by atoms with Crippen molar-refractivity contribution in [1.82, 2.24) is 0 Å². The Morgan fingerprint density at radius 1 is 1.00 bits per heavy atom. The molecule has 0 unspecified atom stereocenters. The Hall–Kier alpha value is 0.0900. The summed E-state index contributed by atoms with van der Waals surface area (Å²) in [6.45, 7) is 3.65. The van der Waals surface area contributed by atoms with E-state index >= 15 is 0 Å². The third kappa shape index (κ3) is 1.39. The lowest BCUT2D eigenvalue weighted by molar-refractivity contribution is 1.61. The van der Waals surface area contributed by atoms with E-state index in [0.29, 0.717) is 20.6 Å². The quantitative estimate of drug-likeness (QED) is 0.551. The molecule has 0 atom stereocenters. The summed E-state index contributed by atoms with van der Waals surface area (Å²) in [5.41, 5.74) is 0.691. The molecule has 0 saturated heterocycles. The van der Waals surface area contributed by atoms with E-state index in [1.165, 1.54) is 0 Å². The molecule has 0 amide bonds. The minimum atomic E-state index is 0.371. The molecule has 0 fully saturated rings. The van der Waals surface area contributed by atoms with Gasteiger partial charge in [0.2, 0.25) is 0 Å². The van der Waals surface area contributed by atoms with Crippen LogP contribution in [0.25, 0.3) is 0 Å². The van der Waals surface area contributed by atoms with E-state index in [1.54, 1.807) is 12.1 Å². The molecular formula is C7H4Cl3. The average molecular weight is 194 g/mol. The van der Waals surface area contributed by atoms with E-state index in [9.17, 15) is 0 Å². The smallest absolute Gasteiger partial charge is 0.0781 e. The zero-order chi connectivity index (χ0) is 7.72. The minimum absolute atomic E-state index is 0.371. The molecule has 0 spiro atoms. The van der Waals surface area contributed by atoms with Crippen molar-refractivity contribution >= 4 is 34.8 Å². The highest BCUT2D eigenvalue weighted by molar-refractivity contribution is 6.48. The summed E-state index contributed by atoms with van der Waals surface area (Å²) < 4.78 is 0. The van der Waals surface area contributed by atoms with Crippen LogP contribution < -0.4 is 0 Å². The van der Waals surface area contributed by atoms with Crippen molar-refractivity contribution in [3.05, 3.63) is 39.7 Å². The first-order valence-electron chi connectivity index (χ1n) is 2.58. The minimum Gasteiger partial charge on any atom is -0.0827 e. The maximum Gasteiger partial charge on any atom is 0.0781 e. The van der Waals surface area contributed by atoms with Crippen molar-refractivity contribution in [3.63, 3.8) is 0 Å². The Bertz CT molecular complexity index is 228. The summed E-state index contributed by atoms with van der Waals surface area (Å²) in [5, 5.41) is 1.25. The molecule has 0 saturated carbocycles. The standard InChI is InChI=1S/C7H4Cl3/c1-4-2-3-5(8)7(10)6(4)9/h2-3H,1H2. The van der Waals surface area contributed by atoms with Crippen LogP contribution in [-0.2, 0) is 0 Å². The van der Waals surface area contributed by atoms with Gasteiger partial charge in [0.15, 0.2) is 0 Å². The molecular weight excluding hydrogens is 190 g/mol.